The number of carbonyl (C=O) groups excluding carboxylic acids is 2. The van der Waals surface area contributed by atoms with Gasteiger partial charge in [0.2, 0.25) is 6.29 Å². The van der Waals surface area contributed by atoms with Crippen LogP contribution in [0.2, 0.25) is 0 Å². The van der Waals surface area contributed by atoms with E-state index >= 15 is 0 Å². The quantitative estimate of drug-likeness (QED) is 0.261. The third-order valence-corrected chi connectivity index (χ3v) is 1.71. The van der Waals surface area contributed by atoms with Crippen molar-refractivity contribution in [2.45, 2.75) is 0 Å². The lowest BCUT2D eigenvalue weighted by molar-refractivity contribution is -0.141. The average Bonchev–Trinajstić information content (AvgIpc) is 2.29. The minimum absolute atomic E-state index is 0.0425. The van der Waals surface area contributed by atoms with Crippen LogP contribution in [-0.4, -0.2) is 28.4 Å². The number of benzene rings is 1. The van der Waals surface area contributed by atoms with E-state index in [4.69, 9.17) is 5.11 Å². The van der Waals surface area contributed by atoms with E-state index in [2.05, 4.69) is 4.74 Å². The Kier molecular flexibility index (Phi) is 3.99. The van der Waals surface area contributed by atoms with Crippen LogP contribution in [0.3, 0.4) is 0 Å². The van der Waals surface area contributed by atoms with Gasteiger partial charge in [-0.25, -0.2) is 9.59 Å². The molecule has 0 fully saturated rings. The average molecular weight is 236 g/mol. The second-order valence-corrected chi connectivity index (χ2v) is 2.94. The van der Waals surface area contributed by atoms with Crippen LogP contribution in [0.25, 0.3) is 6.08 Å². The summed E-state index contributed by atoms with van der Waals surface area (Å²) in [6, 6.07) is 3.87. The summed E-state index contributed by atoms with van der Waals surface area (Å²) in [4.78, 5) is 31.1. The Morgan fingerprint density at radius 3 is 2.59 bits per heavy atom. The number of carboxylic acid groups (broad SMARTS) is 1. The largest absolute Gasteiger partial charge is 0.504 e. The van der Waals surface area contributed by atoms with Crippen molar-refractivity contribution < 1.29 is 29.3 Å². The number of hydrogen-bond acceptors (Lipinski definition) is 5. The van der Waals surface area contributed by atoms with Crippen LogP contribution in [0.15, 0.2) is 24.3 Å². The maximum atomic E-state index is 10.7. The van der Waals surface area contributed by atoms with Crippen LogP contribution in [-0.2, 0) is 14.4 Å². The highest BCUT2D eigenvalue weighted by molar-refractivity contribution is 6.21. The van der Waals surface area contributed by atoms with Crippen LogP contribution in [0.5, 0.6) is 11.5 Å². The molecule has 0 aliphatic heterocycles. The smallest absolute Gasteiger partial charge is 0.376 e. The highest BCUT2D eigenvalue weighted by Gasteiger charge is 2.08. The normalized spacial score (nSPS) is 10.1. The summed E-state index contributed by atoms with van der Waals surface area (Å²) in [5.41, 5.74) is 0.402. The number of hydrogen-bond donors (Lipinski definition) is 2. The fourth-order valence-corrected chi connectivity index (χ4v) is 1.02. The molecule has 0 aliphatic rings. The van der Waals surface area contributed by atoms with E-state index in [-0.39, 0.29) is 17.8 Å². The summed E-state index contributed by atoms with van der Waals surface area (Å²) >= 11 is 0. The maximum Gasteiger partial charge on any atom is 0.376 e. The lowest BCUT2D eigenvalue weighted by Crippen LogP contribution is -2.08. The molecular formula is C11H8O6. The minimum atomic E-state index is -1.15. The van der Waals surface area contributed by atoms with Crippen molar-refractivity contribution in [3.63, 3.8) is 0 Å². The Bertz CT molecular complexity index is 489. The van der Waals surface area contributed by atoms with Gasteiger partial charge >= 0.3 is 11.9 Å². The van der Waals surface area contributed by atoms with E-state index in [9.17, 15) is 19.5 Å². The fourth-order valence-electron chi connectivity index (χ4n) is 1.02. The molecule has 2 N–H and O–H groups in total. The summed E-state index contributed by atoms with van der Waals surface area (Å²) < 4.78 is 4.50. The van der Waals surface area contributed by atoms with Crippen molar-refractivity contribution >= 4 is 24.3 Å². The first-order chi connectivity index (χ1) is 8.02. The van der Waals surface area contributed by atoms with Gasteiger partial charge in [0.25, 0.3) is 0 Å². The molecule has 0 radical (unpaired) electrons. The molecule has 0 amide bonds. The van der Waals surface area contributed by atoms with Crippen LogP contribution < -0.4 is 4.74 Å². The van der Waals surface area contributed by atoms with Crippen molar-refractivity contribution in [2.75, 3.05) is 0 Å². The van der Waals surface area contributed by atoms with Crippen LogP contribution in [0.4, 0.5) is 0 Å². The molecule has 0 aromatic heterocycles. The molecule has 0 bridgehead atoms. The Morgan fingerprint density at radius 1 is 1.29 bits per heavy atom. The first kappa shape index (κ1) is 12.4. The van der Waals surface area contributed by atoms with Gasteiger partial charge in [0, 0.05) is 6.08 Å². The first-order valence-corrected chi connectivity index (χ1v) is 4.44. The molecule has 0 heterocycles. The van der Waals surface area contributed by atoms with Crippen molar-refractivity contribution in [3.05, 3.63) is 29.8 Å². The zero-order valence-corrected chi connectivity index (χ0v) is 8.49. The number of esters is 1. The van der Waals surface area contributed by atoms with Gasteiger partial charge in [0.1, 0.15) is 0 Å². The maximum absolute atomic E-state index is 10.7. The van der Waals surface area contributed by atoms with Gasteiger partial charge in [-0.3, -0.25) is 4.79 Å². The van der Waals surface area contributed by atoms with E-state index in [1.165, 1.54) is 24.3 Å². The predicted molar refractivity (Wildman–Crippen MR) is 56.5 cm³/mol. The molecule has 6 heteroatoms. The van der Waals surface area contributed by atoms with Crippen molar-refractivity contribution in [2.24, 2.45) is 0 Å². The van der Waals surface area contributed by atoms with Crippen molar-refractivity contribution in [3.8, 4) is 11.5 Å². The number of phenols is 1. The standard InChI is InChI=1S/C11H8O6/c12-6-11(16)17-9-5-7(1-3-8(9)13)2-4-10(14)15/h1-6,13H,(H,14,15)/b4-2+. The molecule has 0 unspecified atom stereocenters. The number of carboxylic acids is 1. The lowest BCUT2D eigenvalue weighted by Gasteiger charge is -2.04. The second-order valence-electron chi connectivity index (χ2n) is 2.94. The van der Waals surface area contributed by atoms with E-state index in [1.807, 2.05) is 0 Å². The number of rotatable bonds is 4. The topological polar surface area (TPSA) is 101 Å². The van der Waals surface area contributed by atoms with Gasteiger partial charge < -0.3 is 14.9 Å². The zero-order chi connectivity index (χ0) is 12.8. The molecule has 17 heavy (non-hydrogen) atoms. The molecule has 88 valence electrons. The summed E-state index contributed by atoms with van der Waals surface area (Å²) in [5, 5.41) is 17.7. The van der Waals surface area contributed by atoms with Crippen molar-refractivity contribution in [1.29, 1.82) is 0 Å². The van der Waals surface area contributed by atoms with Gasteiger partial charge in [-0.1, -0.05) is 6.07 Å². The summed E-state index contributed by atoms with van der Waals surface area (Å²) in [6.07, 6.45) is 2.09. The molecule has 0 aliphatic carbocycles. The van der Waals surface area contributed by atoms with E-state index < -0.39 is 11.9 Å². The Hall–Kier alpha value is -2.63. The molecule has 1 aromatic carbocycles. The number of carbonyl (C=O) groups is 3. The van der Waals surface area contributed by atoms with Gasteiger partial charge in [-0.2, -0.15) is 0 Å². The monoisotopic (exact) mass is 236 g/mol. The molecule has 0 saturated carbocycles. The van der Waals surface area contributed by atoms with Gasteiger partial charge in [0.15, 0.2) is 11.5 Å². The molecule has 0 atom stereocenters. The number of phenolic OH excluding ortho intramolecular Hbond substituents is 1. The number of aliphatic carboxylic acids is 1. The van der Waals surface area contributed by atoms with Gasteiger partial charge in [0.05, 0.1) is 0 Å². The van der Waals surface area contributed by atoms with Crippen LogP contribution >= 0.6 is 0 Å². The zero-order valence-electron chi connectivity index (χ0n) is 8.49. The number of aldehydes is 1. The summed E-state index contributed by atoms with van der Waals surface area (Å²) in [5.74, 6) is -2.83. The molecule has 6 nitrogen and oxygen atoms in total. The van der Waals surface area contributed by atoms with Crippen LogP contribution in [0.1, 0.15) is 5.56 Å². The molecule has 0 spiro atoms. The van der Waals surface area contributed by atoms with Crippen LogP contribution in [0, 0.1) is 0 Å². The molecular weight excluding hydrogens is 228 g/mol. The van der Waals surface area contributed by atoms with E-state index in [0.29, 0.717) is 5.56 Å². The van der Waals surface area contributed by atoms with E-state index in [1.54, 1.807) is 0 Å². The highest BCUT2D eigenvalue weighted by atomic mass is 16.5. The second kappa shape index (κ2) is 5.45. The molecule has 0 saturated heterocycles. The number of ether oxygens (including phenoxy) is 1. The SMILES string of the molecule is O=CC(=O)Oc1cc(/C=C/C(=O)O)ccc1O. The third-order valence-electron chi connectivity index (χ3n) is 1.71. The Labute approximate surface area is 95.8 Å². The highest BCUT2D eigenvalue weighted by Crippen LogP contribution is 2.27. The minimum Gasteiger partial charge on any atom is -0.504 e. The summed E-state index contributed by atoms with van der Waals surface area (Å²) in [6.45, 7) is 0. The van der Waals surface area contributed by atoms with E-state index in [0.717, 1.165) is 6.08 Å². The lowest BCUT2D eigenvalue weighted by atomic mass is 10.2. The fraction of sp³-hybridized carbons (Fsp3) is 0. The first-order valence-electron chi connectivity index (χ1n) is 4.44. The Morgan fingerprint density at radius 2 is 2.00 bits per heavy atom. The summed E-state index contributed by atoms with van der Waals surface area (Å²) in [7, 11) is 0. The number of aromatic hydroxyl groups is 1. The van der Waals surface area contributed by atoms with Crippen molar-refractivity contribution in [1.82, 2.24) is 0 Å². The van der Waals surface area contributed by atoms with Gasteiger partial charge in [-0.15, -0.1) is 0 Å². The Balaban J connectivity index is 2.97. The van der Waals surface area contributed by atoms with Gasteiger partial charge in [-0.05, 0) is 23.8 Å². The predicted octanol–water partition coefficient (Wildman–Crippen LogP) is 0.594. The molecule has 1 rings (SSSR count). The molecule has 1 aromatic rings. The third kappa shape index (κ3) is 3.78.